The second-order valence-corrected chi connectivity index (χ2v) is 2.36. The highest BCUT2D eigenvalue weighted by atomic mass is 16.5. The Labute approximate surface area is 89.9 Å². The van der Waals surface area contributed by atoms with Gasteiger partial charge >= 0.3 is 11.9 Å². The molecule has 74 valence electrons. The van der Waals surface area contributed by atoms with E-state index in [1.807, 2.05) is 0 Å². The summed E-state index contributed by atoms with van der Waals surface area (Å²) in [7, 11) is -5.73. The summed E-state index contributed by atoms with van der Waals surface area (Å²) in [4.78, 5) is 22.8. The summed E-state index contributed by atoms with van der Waals surface area (Å²) < 4.78 is 49.0. The molecule has 0 bridgehead atoms. The van der Waals surface area contributed by atoms with Crippen LogP contribution in [0.5, 0.6) is 0 Å². The van der Waals surface area contributed by atoms with Crippen LogP contribution >= 0.6 is 0 Å². The highest BCUT2D eigenvalue weighted by molar-refractivity contribution is 5.93. The highest BCUT2D eigenvalue weighted by Crippen LogP contribution is 2.06. The first kappa shape index (κ1) is 4.59. The molecule has 0 N–H and O–H groups in total. The number of methoxy groups -OCH3 is 2. The van der Waals surface area contributed by atoms with Crippen molar-refractivity contribution in [3.63, 3.8) is 0 Å². The van der Waals surface area contributed by atoms with Gasteiger partial charge in [0.15, 0.2) is 0 Å². The second-order valence-electron chi connectivity index (χ2n) is 2.36. The van der Waals surface area contributed by atoms with E-state index in [9.17, 15) is 9.59 Å². The average Bonchev–Trinajstić information content (AvgIpc) is 2.24. The van der Waals surface area contributed by atoms with E-state index in [4.69, 9.17) is 8.22 Å². The van der Waals surface area contributed by atoms with Gasteiger partial charge in [0.1, 0.15) is 0 Å². The largest absolute Gasteiger partial charge is 0.465 e. The molecule has 14 heavy (non-hydrogen) atoms. The summed E-state index contributed by atoms with van der Waals surface area (Å²) in [6.45, 7) is 0. The molecule has 4 heteroatoms. The van der Waals surface area contributed by atoms with Gasteiger partial charge in [-0.25, -0.2) is 9.59 Å². The van der Waals surface area contributed by atoms with E-state index in [2.05, 4.69) is 9.47 Å². The van der Waals surface area contributed by atoms with Crippen molar-refractivity contribution >= 4 is 11.9 Å². The van der Waals surface area contributed by atoms with Crippen molar-refractivity contribution in [3.8, 4) is 0 Å². The standard InChI is InChI=1S/C10H10O4/c1-13-9(11)7-3-5-8(6-4-7)10(12)14-2/h3-6H,1-2H3/i1D3,2D3. The number of esters is 2. The predicted molar refractivity (Wildman–Crippen MR) is 49.1 cm³/mol. The summed E-state index contributed by atoms with van der Waals surface area (Å²) >= 11 is 0. The van der Waals surface area contributed by atoms with Crippen LogP contribution in [0.3, 0.4) is 0 Å². The first-order valence-corrected chi connectivity index (χ1v) is 3.55. The van der Waals surface area contributed by atoms with Crippen molar-refractivity contribution in [1.29, 1.82) is 0 Å². The summed E-state index contributed by atoms with van der Waals surface area (Å²) in [5, 5.41) is 0. The lowest BCUT2D eigenvalue weighted by Crippen LogP contribution is -2.04. The van der Waals surface area contributed by atoms with Crippen LogP contribution in [0.4, 0.5) is 0 Å². The molecular formula is C10H10O4. The zero-order valence-electron chi connectivity index (χ0n) is 12.9. The van der Waals surface area contributed by atoms with E-state index < -0.39 is 26.0 Å². The SMILES string of the molecule is [2H]C([2H])([2H])OC(=O)c1ccc(C(=O)OC([2H])([2H])[2H])cc1. The van der Waals surface area contributed by atoms with Crippen molar-refractivity contribution in [2.24, 2.45) is 0 Å². The molecule has 0 saturated heterocycles. The second kappa shape index (κ2) is 4.41. The van der Waals surface area contributed by atoms with Gasteiger partial charge in [-0.2, -0.15) is 0 Å². The molecule has 0 aliphatic heterocycles. The summed E-state index contributed by atoms with van der Waals surface area (Å²) in [5.74, 6) is -2.17. The maximum Gasteiger partial charge on any atom is 0.337 e. The topological polar surface area (TPSA) is 52.6 Å². The number of benzene rings is 1. The van der Waals surface area contributed by atoms with Gasteiger partial charge in [-0.1, -0.05) is 0 Å². The fraction of sp³-hybridized carbons (Fsp3) is 0.200. The van der Waals surface area contributed by atoms with Crippen molar-refractivity contribution in [1.82, 2.24) is 0 Å². The first-order chi connectivity index (χ1) is 8.98. The molecule has 0 heterocycles. The van der Waals surface area contributed by atoms with Gasteiger partial charge in [0.05, 0.1) is 33.4 Å². The Morgan fingerprint density at radius 1 is 1.00 bits per heavy atom. The Hall–Kier alpha value is -1.84. The monoisotopic (exact) mass is 200 g/mol. The van der Waals surface area contributed by atoms with Crippen LogP contribution in [-0.2, 0) is 9.47 Å². The quantitative estimate of drug-likeness (QED) is 0.674. The van der Waals surface area contributed by atoms with Gasteiger partial charge in [0.2, 0.25) is 0 Å². The van der Waals surface area contributed by atoms with Crippen LogP contribution in [0.25, 0.3) is 0 Å². The van der Waals surface area contributed by atoms with Gasteiger partial charge in [0, 0.05) is 0 Å². The number of hydrogen-bond donors (Lipinski definition) is 0. The molecule has 0 aromatic heterocycles. The van der Waals surface area contributed by atoms with Crippen molar-refractivity contribution in [2.75, 3.05) is 14.1 Å². The molecule has 0 aliphatic carbocycles. The van der Waals surface area contributed by atoms with Crippen LogP contribution in [0.2, 0.25) is 0 Å². The van der Waals surface area contributed by atoms with Gasteiger partial charge in [0.25, 0.3) is 0 Å². The Morgan fingerprint density at radius 3 is 1.64 bits per heavy atom. The lowest BCUT2D eigenvalue weighted by Gasteiger charge is -2.00. The number of hydrogen-bond acceptors (Lipinski definition) is 4. The number of carbonyl (C=O) groups is 2. The van der Waals surface area contributed by atoms with E-state index in [1.165, 1.54) is 0 Å². The molecule has 0 atom stereocenters. The van der Waals surface area contributed by atoms with Gasteiger partial charge < -0.3 is 9.47 Å². The molecule has 0 aliphatic rings. The van der Waals surface area contributed by atoms with Crippen LogP contribution in [0.15, 0.2) is 24.3 Å². The predicted octanol–water partition coefficient (Wildman–Crippen LogP) is 1.26. The van der Waals surface area contributed by atoms with Gasteiger partial charge in [-0.3, -0.25) is 0 Å². The van der Waals surface area contributed by atoms with E-state index in [0.29, 0.717) is 0 Å². The minimum absolute atomic E-state index is 0.0911. The summed E-state index contributed by atoms with van der Waals surface area (Å²) in [6, 6.07) is 4.52. The third-order valence-electron chi connectivity index (χ3n) is 1.54. The molecular weight excluding hydrogens is 184 g/mol. The molecule has 0 spiro atoms. The minimum atomic E-state index is -2.87. The maximum absolute atomic E-state index is 11.4. The van der Waals surface area contributed by atoms with Crippen LogP contribution in [-0.4, -0.2) is 26.0 Å². The van der Waals surface area contributed by atoms with Crippen LogP contribution in [0, 0.1) is 0 Å². The average molecular weight is 200 g/mol. The fourth-order valence-electron chi connectivity index (χ4n) is 0.860. The Morgan fingerprint density at radius 2 is 1.36 bits per heavy atom. The maximum atomic E-state index is 11.4. The molecule has 0 saturated carbocycles. The summed E-state index contributed by atoms with van der Waals surface area (Å²) in [5.41, 5.74) is -0.182. The van der Waals surface area contributed by atoms with Crippen LogP contribution in [0.1, 0.15) is 28.9 Å². The fourth-order valence-corrected chi connectivity index (χ4v) is 0.860. The van der Waals surface area contributed by atoms with Crippen molar-refractivity contribution in [3.05, 3.63) is 35.4 Å². The smallest absolute Gasteiger partial charge is 0.337 e. The number of rotatable bonds is 2. The zero-order chi connectivity index (χ0) is 15.6. The molecule has 0 fully saturated rings. The number of carbonyl (C=O) groups excluding carboxylic acids is 2. The van der Waals surface area contributed by atoms with Gasteiger partial charge in [-0.05, 0) is 24.3 Å². The lowest BCUT2D eigenvalue weighted by atomic mass is 10.1. The first-order valence-electron chi connectivity index (χ1n) is 6.55. The molecule has 4 nitrogen and oxygen atoms in total. The third kappa shape index (κ3) is 2.10. The Balaban J connectivity index is 2.79. The Kier molecular flexibility index (Phi) is 1.45. The van der Waals surface area contributed by atoms with E-state index in [-0.39, 0.29) is 11.1 Å². The molecule has 0 unspecified atom stereocenters. The highest BCUT2D eigenvalue weighted by Gasteiger charge is 2.08. The van der Waals surface area contributed by atoms with E-state index in [1.54, 1.807) is 0 Å². The molecule has 0 radical (unpaired) electrons. The zero-order valence-corrected chi connectivity index (χ0v) is 6.94. The minimum Gasteiger partial charge on any atom is -0.465 e. The van der Waals surface area contributed by atoms with E-state index >= 15 is 0 Å². The molecule has 1 rings (SSSR count). The molecule has 1 aromatic carbocycles. The third-order valence-corrected chi connectivity index (χ3v) is 1.54. The Bertz CT molecular complexity index is 455. The van der Waals surface area contributed by atoms with Crippen molar-refractivity contribution < 1.29 is 27.3 Å². The van der Waals surface area contributed by atoms with E-state index in [0.717, 1.165) is 24.3 Å². The molecule has 1 aromatic rings. The van der Waals surface area contributed by atoms with Crippen LogP contribution < -0.4 is 0 Å². The van der Waals surface area contributed by atoms with Gasteiger partial charge in [-0.15, -0.1) is 0 Å². The molecule has 0 amide bonds. The normalized spacial score (nSPS) is 17.4. The summed E-state index contributed by atoms with van der Waals surface area (Å²) in [6.07, 6.45) is 0. The lowest BCUT2D eigenvalue weighted by molar-refractivity contribution is 0.0586. The van der Waals surface area contributed by atoms with Crippen molar-refractivity contribution in [2.45, 2.75) is 0 Å². The number of ether oxygens (including phenoxy) is 2.